The number of amides is 2. The number of imide groups is 1. The Labute approximate surface area is 156 Å². The minimum absolute atomic E-state index is 0.0366. The number of esters is 1. The van der Waals surface area contributed by atoms with Crippen LogP contribution in [0.15, 0.2) is 36.4 Å². The first-order valence-electron chi connectivity index (χ1n) is 7.52. The van der Waals surface area contributed by atoms with Gasteiger partial charge in [-0.3, -0.25) is 29.4 Å². The summed E-state index contributed by atoms with van der Waals surface area (Å²) in [5, 5.41) is 10.9. The molecule has 1 heterocycles. The van der Waals surface area contributed by atoms with Gasteiger partial charge >= 0.3 is 5.97 Å². The number of nitro benzene ring substituents is 1. The van der Waals surface area contributed by atoms with E-state index in [1.807, 2.05) is 0 Å². The van der Waals surface area contributed by atoms with Crippen molar-refractivity contribution >= 4 is 35.1 Å². The molecule has 10 heteroatoms. The van der Waals surface area contributed by atoms with Gasteiger partial charge in [-0.2, -0.15) is 0 Å². The third-order valence-corrected chi connectivity index (χ3v) is 4.25. The predicted octanol–water partition coefficient (Wildman–Crippen LogP) is 2.73. The number of hydrogen-bond acceptors (Lipinski definition) is 6. The van der Waals surface area contributed by atoms with E-state index in [9.17, 15) is 28.9 Å². The molecule has 2 amide bonds. The quantitative estimate of drug-likeness (QED) is 0.335. The maximum Gasteiger partial charge on any atom is 0.326 e. The van der Waals surface area contributed by atoms with Crippen LogP contribution in [0.5, 0.6) is 0 Å². The molecule has 2 aromatic carbocycles. The van der Waals surface area contributed by atoms with Gasteiger partial charge in [0.2, 0.25) is 0 Å². The molecule has 0 fully saturated rings. The molecule has 27 heavy (non-hydrogen) atoms. The molecule has 0 N–H and O–H groups in total. The lowest BCUT2D eigenvalue weighted by Crippen LogP contribution is -2.35. The zero-order valence-electron chi connectivity index (χ0n) is 13.5. The summed E-state index contributed by atoms with van der Waals surface area (Å²) in [5.41, 5.74) is -0.603. The number of carbonyl (C=O) groups is 3. The van der Waals surface area contributed by atoms with Gasteiger partial charge in [-0.25, -0.2) is 4.39 Å². The summed E-state index contributed by atoms with van der Waals surface area (Å²) in [4.78, 5) is 47.2. The first-order chi connectivity index (χ1) is 12.8. The Morgan fingerprint density at radius 2 is 1.89 bits per heavy atom. The number of halogens is 2. The molecule has 3 rings (SSSR count). The van der Waals surface area contributed by atoms with Gasteiger partial charge in [0.05, 0.1) is 21.1 Å². The van der Waals surface area contributed by atoms with Crippen molar-refractivity contribution < 1.29 is 28.4 Å². The van der Waals surface area contributed by atoms with Crippen molar-refractivity contribution in [1.82, 2.24) is 4.90 Å². The van der Waals surface area contributed by atoms with E-state index < -0.39 is 41.7 Å². The lowest BCUT2D eigenvalue weighted by Gasteiger charge is -2.13. The summed E-state index contributed by atoms with van der Waals surface area (Å²) in [6.07, 6.45) is 0. The Kier molecular flexibility index (Phi) is 4.87. The highest BCUT2D eigenvalue weighted by Crippen LogP contribution is 2.27. The Morgan fingerprint density at radius 3 is 2.56 bits per heavy atom. The number of non-ortho nitro benzene ring substituents is 1. The van der Waals surface area contributed by atoms with Crippen LogP contribution in [-0.4, -0.2) is 34.2 Å². The van der Waals surface area contributed by atoms with Gasteiger partial charge in [0.25, 0.3) is 17.5 Å². The minimum atomic E-state index is -0.960. The molecule has 0 aliphatic carbocycles. The van der Waals surface area contributed by atoms with Gasteiger partial charge in [-0.1, -0.05) is 17.7 Å². The van der Waals surface area contributed by atoms with Crippen LogP contribution >= 0.6 is 11.6 Å². The topological polar surface area (TPSA) is 107 Å². The van der Waals surface area contributed by atoms with E-state index in [1.165, 1.54) is 12.1 Å². The highest BCUT2D eigenvalue weighted by molar-refractivity contribution is 6.31. The van der Waals surface area contributed by atoms with Gasteiger partial charge in [0.15, 0.2) is 0 Å². The monoisotopic (exact) mass is 392 g/mol. The standard InChI is InChI=1S/C17H10ClFN2O6/c18-13-2-1-3-14(19)12(13)8-27-15(22)7-20-16(23)10-5-4-9(21(25)26)6-11(10)17(20)24/h1-6H,7-8H2. The number of nitrogens with zero attached hydrogens (tertiary/aromatic N) is 2. The maximum atomic E-state index is 13.7. The van der Waals surface area contributed by atoms with E-state index in [2.05, 4.69) is 0 Å². The molecule has 0 radical (unpaired) electrons. The smallest absolute Gasteiger partial charge is 0.326 e. The number of rotatable bonds is 5. The first-order valence-corrected chi connectivity index (χ1v) is 7.90. The van der Waals surface area contributed by atoms with Crippen molar-refractivity contribution in [2.24, 2.45) is 0 Å². The fourth-order valence-electron chi connectivity index (χ4n) is 2.53. The fraction of sp³-hybridized carbons (Fsp3) is 0.118. The second-order valence-electron chi connectivity index (χ2n) is 5.54. The first kappa shape index (κ1) is 18.5. The van der Waals surface area contributed by atoms with E-state index in [-0.39, 0.29) is 27.4 Å². The van der Waals surface area contributed by atoms with Crippen molar-refractivity contribution in [3.8, 4) is 0 Å². The molecule has 1 aliphatic rings. The molecule has 0 aromatic heterocycles. The van der Waals surface area contributed by atoms with Crippen molar-refractivity contribution in [1.29, 1.82) is 0 Å². The van der Waals surface area contributed by atoms with Crippen molar-refractivity contribution in [3.63, 3.8) is 0 Å². The molecular formula is C17H10ClFN2O6. The van der Waals surface area contributed by atoms with E-state index in [4.69, 9.17) is 16.3 Å². The number of ether oxygens (including phenoxy) is 1. The molecule has 0 unspecified atom stereocenters. The van der Waals surface area contributed by atoms with E-state index >= 15 is 0 Å². The van der Waals surface area contributed by atoms with Gasteiger partial charge in [-0.05, 0) is 18.2 Å². The van der Waals surface area contributed by atoms with Crippen LogP contribution in [0, 0.1) is 15.9 Å². The van der Waals surface area contributed by atoms with Gasteiger partial charge in [0.1, 0.15) is 19.0 Å². The van der Waals surface area contributed by atoms with Crippen LogP contribution < -0.4 is 0 Å². The van der Waals surface area contributed by atoms with E-state index in [0.717, 1.165) is 24.3 Å². The highest BCUT2D eigenvalue weighted by Gasteiger charge is 2.38. The average Bonchev–Trinajstić information content (AvgIpc) is 2.86. The zero-order valence-corrected chi connectivity index (χ0v) is 14.2. The molecule has 1 aliphatic heterocycles. The molecule has 138 valence electrons. The summed E-state index contributed by atoms with van der Waals surface area (Å²) in [5.74, 6) is -3.24. The van der Waals surface area contributed by atoms with Crippen LogP contribution in [0.4, 0.5) is 10.1 Å². The summed E-state index contributed by atoms with van der Waals surface area (Å²) < 4.78 is 18.6. The lowest BCUT2D eigenvalue weighted by atomic mass is 10.1. The number of fused-ring (bicyclic) bond motifs is 1. The lowest BCUT2D eigenvalue weighted by molar-refractivity contribution is -0.384. The van der Waals surface area contributed by atoms with Crippen molar-refractivity contribution in [2.75, 3.05) is 6.54 Å². The van der Waals surface area contributed by atoms with Crippen LogP contribution in [0.2, 0.25) is 5.02 Å². The molecule has 0 atom stereocenters. The summed E-state index contributed by atoms with van der Waals surface area (Å²) in [6.45, 7) is -1.19. The second kappa shape index (κ2) is 7.12. The minimum Gasteiger partial charge on any atom is -0.459 e. The molecule has 2 aromatic rings. The summed E-state index contributed by atoms with van der Waals surface area (Å²) >= 11 is 5.83. The van der Waals surface area contributed by atoms with Gasteiger partial charge in [0, 0.05) is 17.7 Å². The molecule has 0 spiro atoms. The van der Waals surface area contributed by atoms with Crippen LogP contribution in [0.25, 0.3) is 0 Å². The Hall–Kier alpha value is -3.33. The zero-order chi connectivity index (χ0) is 19.7. The average molecular weight is 393 g/mol. The van der Waals surface area contributed by atoms with Crippen molar-refractivity contribution in [2.45, 2.75) is 6.61 Å². The molecule has 0 saturated carbocycles. The normalized spacial score (nSPS) is 12.9. The van der Waals surface area contributed by atoms with Crippen LogP contribution in [0.3, 0.4) is 0 Å². The highest BCUT2D eigenvalue weighted by atomic mass is 35.5. The maximum absolute atomic E-state index is 13.7. The van der Waals surface area contributed by atoms with E-state index in [1.54, 1.807) is 0 Å². The largest absolute Gasteiger partial charge is 0.459 e. The van der Waals surface area contributed by atoms with Gasteiger partial charge < -0.3 is 4.74 Å². The molecule has 8 nitrogen and oxygen atoms in total. The Balaban J connectivity index is 1.71. The third-order valence-electron chi connectivity index (χ3n) is 3.89. The fourth-order valence-corrected chi connectivity index (χ4v) is 2.75. The van der Waals surface area contributed by atoms with Crippen LogP contribution in [0.1, 0.15) is 26.3 Å². The van der Waals surface area contributed by atoms with Crippen molar-refractivity contribution in [3.05, 3.63) is 74.0 Å². The molecule has 0 saturated heterocycles. The third kappa shape index (κ3) is 3.49. The second-order valence-corrected chi connectivity index (χ2v) is 5.95. The molecule has 0 bridgehead atoms. The van der Waals surface area contributed by atoms with E-state index in [0.29, 0.717) is 4.90 Å². The number of nitro groups is 1. The SMILES string of the molecule is O=C(CN1C(=O)c2ccc([N+](=O)[O-])cc2C1=O)OCc1c(F)cccc1Cl. The number of hydrogen-bond donors (Lipinski definition) is 0. The summed E-state index contributed by atoms with van der Waals surface area (Å²) in [6, 6.07) is 7.17. The number of carbonyl (C=O) groups excluding carboxylic acids is 3. The summed E-state index contributed by atoms with van der Waals surface area (Å²) in [7, 11) is 0. The van der Waals surface area contributed by atoms with Crippen LogP contribution in [-0.2, 0) is 16.1 Å². The predicted molar refractivity (Wildman–Crippen MR) is 89.7 cm³/mol. The Morgan fingerprint density at radius 1 is 1.19 bits per heavy atom. The molecular weight excluding hydrogens is 383 g/mol. The van der Waals surface area contributed by atoms with Gasteiger partial charge in [-0.15, -0.1) is 0 Å². The number of benzene rings is 2. The Bertz CT molecular complexity index is 973.